The Morgan fingerprint density at radius 2 is 1.40 bits per heavy atom. The van der Waals surface area contributed by atoms with Gasteiger partial charge in [-0.15, -0.1) is 0 Å². The maximum absolute atomic E-state index is 12.8. The second-order valence-corrected chi connectivity index (χ2v) is 8.54. The van der Waals surface area contributed by atoms with Crippen molar-refractivity contribution in [1.29, 1.82) is 0 Å². The van der Waals surface area contributed by atoms with E-state index in [1.54, 1.807) is 33.5 Å². The first-order valence-electron chi connectivity index (χ1n) is 9.06. The molecule has 138 valence electrons. The summed E-state index contributed by atoms with van der Waals surface area (Å²) in [6.45, 7) is 3.41. The molecule has 2 aliphatic rings. The molecule has 0 unspecified atom stereocenters. The molecule has 0 radical (unpaired) electrons. The molecule has 2 aliphatic heterocycles. The first-order valence-corrected chi connectivity index (χ1v) is 10.5. The number of hydrogen-bond acceptors (Lipinski definition) is 4. The third-order valence-corrected chi connectivity index (χ3v) is 6.77. The topological polar surface area (TPSA) is 66.9 Å². The number of nitrogens with zero attached hydrogens (tertiary/aromatic N) is 2. The van der Waals surface area contributed by atoms with E-state index in [0.717, 1.165) is 25.7 Å². The Morgan fingerprint density at radius 3 is 2.00 bits per heavy atom. The molecule has 25 heavy (non-hydrogen) atoms. The zero-order valence-corrected chi connectivity index (χ0v) is 15.3. The second-order valence-electron chi connectivity index (χ2n) is 6.60. The van der Waals surface area contributed by atoms with Gasteiger partial charge >= 0.3 is 0 Å². The minimum atomic E-state index is -3.48. The fraction of sp³-hybridized carbons (Fsp3) is 0.611. The van der Waals surface area contributed by atoms with Gasteiger partial charge in [-0.3, -0.25) is 4.79 Å². The summed E-state index contributed by atoms with van der Waals surface area (Å²) in [5.41, 5.74) is 0.522. The molecule has 0 N–H and O–H groups in total. The average molecular weight is 366 g/mol. The Balaban J connectivity index is 1.72. The molecule has 0 aliphatic carbocycles. The first kappa shape index (κ1) is 18.4. The van der Waals surface area contributed by atoms with Crippen LogP contribution in [0.3, 0.4) is 0 Å². The molecule has 1 aromatic rings. The Morgan fingerprint density at radius 1 is 0.840 bits per heavy atom. The zero-order chi connectivity index (χ0) is 17.7. The molecule has 0 aromatic heterocycles. The Kier molecular flexibility index (Phi) is 6.09. The fourth-order valence-corrected chi connectivity index (χ4v) is 4.84. The van der Waals surface area contributed by atoms with Gasteiger partial charge in [-0.2, -0.15) is 4.31 Å². The Labute approximate surface area is 149 Å². The van der Waals surface area contributed by atoms with Crippen LogP contribution in [0.1, 0.15) is 42.5 Å². The van der Waals surface area contributed by atoms with Crippen molar-refractivity contribution in [2.45, 2.75) is 37.0 Å². The van der Waals surface area contributed by atoms with Crippen molar-refractivity contribution in [1.82, 2.24) is 9.21 Å². The van der Waals surface area contributed by atoms with E-state index in [9.17, 15) is 13.2 Å². The molecule has 0 atom stereocenters. The third-order valence-electron chi connectivity index (χ3n) is 4.85. The number of sulfonamides is 1. The molecule has 1 amide bonds. The SMILES string of the molecule is O=C(c1ccc(S(=O)(=O)N2CCCCCCC2)cc1)N1CCOCC1. The number of ether oxygens (including phenoxy) is 1. The van der Waals surface area contributed by atoms with Crippen LogP contribution in [0.2, 0.25) is 0 Å². The summed E-state index contributed by atoms with van der Waals surface area (Å²) in [6, 6.07) is 6.35. The highest BCUT2D eigenvalue weighted by atomic mass is 32.2. The van der Waals surface area contributed by atoms with E-state index in [0.29, 0.717) is 45.0 Å². The first-order chi connectivity index (χ1) is 12.1. The molecular weight excluding hydrogens is 340 g/mol. The quantitative estimate of drug-likeness (QED) is 0.822. The van der Waals surface area contributed by atoms with Crippen LogP contribution >= 0.6 is 0 Å². The van der Waals surface area contributed by atoms with Gasteiger partial charge in [0.05, 0.1) is 18.1 Å². The molecule has 3 rings (SSSR count). The molecule has 2 heterocycles. The zero-order valence-electron chi connectivity index (χ0n) is 14.5. The lowest BCUT2D eigenvalue weighted by atomic mass is 10.1. The van der Waals surface area contributed by atoms with Gasteiger partial charge in [0.2, 0.25) is 10.0 Å². The van der Waals surface area contributed by atoms with Crippen molar-refractivity contribution in [3.63, 3.8) is 0 Å². The summed E-state index contributed by atoms with van der Waals surface area (Å²) < 4.78 is 32.5. The average Bonchev–Trinajstić information content (AvgIpc) is 2.61. The number of morpholine rings is 1. The van der Waals surface area contributed by atoms with Crippen molar-refractivity contribution < 1.29 is 17.9 Å². The highest BCUT2D eigenvalue weighted by molar-refractivity contribution is 7.89. The summed E-state index contributed by atoms with van der Waals surface area (Å²) in [4.78, 5) is 14.5. The van der Waals surface area contributed by atoms with Crippen molar-refractivity contribution in [2.24, 2.45) is 0 Å². The lowest BCUT2D eigenvalue weighted by molar-refractivity contribution is 0.0303. The van der Waals surface area contributed by atoms with Crippen molar-refractivity contribution >= 4 is 15.9 Å². The highest BCUT2D eigenvalue weighted by Gasteiger charge is 2.25. The number of rotatable bonds is 3. The van der Waals surface area contributed by atoms with Crippen LogP contribution in [0.15, 0.2) is 29.2 Å². The summed E-state index contributed by atoms with van der Waals surface area (Å²) in [6.07, 6.45) is 5.17. The number of carbonyl (C=O) groups is 1. The Bertz CT molecular complexity index is 674. The van der Waals surface area contributed by atoms with Gasteiger partial charge in [-0.1, -0.05) is 19.3 Å². The summed E-state index contributed by atoms with van der Waals surface area (Å²) in [5, 5.41) is 0. The maximum atomic E-state index is 12.8. The van der Waals surface area contributed by atoms with Crippen LogP contribution in [-0.4, -0.2) is 62.9 Å². The minimum Gasteiger partial charge on any atom is -0.378 e. The van der Waals surface area contributed by atoms with Crippen LogP contribution < -0.4 is 0 Å². The predicted molar refractivity (Wildman–Crippen MR) is 95.0 cm³/mol. The van der Waals surface area contributed by atoms with E-state index in [1.165, 1.54) is 6.42 Å². The van der Waals surface area contributed by atoms with Gasteiger partial charge in [0, 0.05) is 31.7 Å². The van der Waals surface area contributed by atoms with Gasteiger partial charge in [-0.25, -0.2) is 8.42 Å². The number of amides is 1. The number of carbonyl (C=O) groups excluding carboxylic acids is 1. The smallest absolute Gasteiger partial charge is 0.254 e. The number of benzene rings is 1. The van der Waals surface area contributed by atoms with Gasteiger partial charge in [0.25, 0.3) is 5.91 Å². The summed E-state index contributed by atoms with van der Waals surface area (Å²) in [5.74, 6) is -0.0708. The summed E-state index contributed by atoms with van der Waals surface area (Å²) >= 11 is 0. The van der Waals surface area contributed by atoms with E-state index < -0.39 is 10.0 Å². The Hall–Kier alpha value is -1.44. The van der Waals surface area contributed by atoms with Crippen molar-refractivity contribution in [2.75, 3.05) is 39.4 Å². The van der Waals surface area contributed by atoms with Crippen molar-refractivity contribution in [3.05, 3.63) is 29.8 Å². The van der Waals surface area contributed by atoms with Crippen molar-refractivity contribution in [3.8, 4) is 0 Å². The van der Waals surface area contributed by atoms with Crippen LogP contribution in [0.4, 0.5) is 0 Å². The molecule has 0 bridgehead atoms. The van der Waals surface area contributed by atoms with Gasteiger partial charge < -0.3 is 9.64 Å². The lowest BCUT2D eigenvalue weighted by Crippen LogP contribution is -2.40. The second kappa shape index (κ2) is 8.29. The normalized spacial score (nSPS) is 20.7. The third kappa shape index (κ3) is 4.40. The van der Waals surface area contributed by atoms with Crippen LogP contribution in [-0.2, 0) is 14.8 Å². The van der Waals surface area contributed by atoms with Crippen LogP contribution in [0, 0.1) is 0 Å². The van der Waals surface area contributed by atoms with Gasteiger partial charge in [0.1, 0.15) is 0 Å². The molecule has 7 heteroatoms. The molecule has 0 spiro atoms. The monoisotopic (exact) mass is 366 g/mol. The van der Waals surface area contributed by atoms with Crippen LogP contribution in [0.5, 0.6) is 0 Å². The fourth-order valence-electron chi connectivity index (χ4n) is 3.33. The lowest BCUT2D eigenvalue weighted by Gasteiger charge is -2.27. The van der Waals surface area contributed by atoms with Crippen LogP contribution in [0.25, 0.3) is 0 Å². The predicted octanol–water partition coefficient (Wildman–Crippen LogP) is 2.11. The molecule has 6 nitrogen and oxygen atoms in total. The summed E-state index contributed by atoms with van der Waals surface area (Å²) in [7, 11) is -3.48. The van der Waals surface area contributed by atoms with Gasteiger partial charge in [-0.05, 0) is 37.1 Å². The molecule has 0 saturated carbocycles. The largest absolute Gasteiger partial charge is 0.378 e. The molecule has 2 fully saturated rings. The minimum absolute atomic E-state index is 0.0708. The standard InChI is InChI=1S/C18H26N2O4S/c21-18(19-12-14-24-15-13-19)16-6-8-17(9-7-16)25(22,23)20-10-4-2-1-3-5-11-20/h6-9H,1-5,10-15H2. The van der Waals surface area contributed by atoms with E-state index in [1.807, 2.05) is 0 Å². The van der Waals surface area contributed by atoms with E-state index >= 15 is 0 Å². The molecule has 1 aromatic carbocycles. The van der Waals surface area contributed by atoms with E-state index in [2.05, 4.69) is 0 Å². The van der Waals surface area contributed by atoms with E-state index in [-0.39, 0.29) is 10.8 Å². The molecule has 2 saturated heterocycles. The maximum Gasteiger partial charge on any atom is 0.254 e. The molecular formula is C18H26N2O4S. The van der Waals surface area contributed by atoms with Gasteiger partial charge in [0.15, 0.2) is 0 Å². The van der Waals surface area contributed by atoms with E-state index in [4.69, 9.17) is 4.74 Å². The number of hydrogen-bond donors (Lipinski definition) is 0. The highest BCUT2D eigenvalue weighted by Crippen LogP contribution is 2.21.